The molecule has 0 amide bonds. The molecule has 3 nitrogen and oxygen atoms in total. The Hall–Kier alpha value is -0.870. The number of benzene rings is 1. The minimum Gasteiger partial charge on any atom is -0.300 e. The van der Waals surface area contributed by atoms with E-state index in [1.165, 1.54) is 29.6 Å². The summed E-state index contributed by atoms with van der Waals surface area (Å²) in [6.07, 6.45) is 3.76. The van der Waals surface area contributed by atoms with Crippen LogP contribution in [0.1, 0.15) is 51.5 Å². The molecule has 2 unspecified atom stereocenters. The molecule has 2 aliphatic heterocycles. The summed E-state index contributed by atoms with van der Waals surface area (Å²) in [6.45, 7) is 10.9. The van der Waals surface area contributed by atoms with Gasteiger partial charge in [-0.05, 0) is 44.2 Å². The Kier molecular flexibility index (Phi) is 6.21. The molecule has 2 heterocycles. The van der Waals surface area contributed by atoms with Crippen LogP contribution in [0.25, 0.3) is 0 Å². The van der Waals surface area contributed by atoms with Gasteiger partial charge in [-0.2, -0.15) is 0 Å². The van der Waals surface area contributed by atoms with Crippen molar-refractivity contribution in [2.75, 3.05) is 26.2 Å². The van der Waals surface area contributed by atoms with E-state index >= 15 is 0 Å². The number of likely N-dealkylation sites (tertiary alicyclic amines) is 1. The van der Waals surface area contributed by atoms with Crippen LogP contribution < -0.4 is 10.6 Å². The van der Waals surface area contributed by atoms with Crippen molar-refractivity contribution in [3.05, 3.63) is 47.0 Å². The Morgan fingerprint density at radius 2 is 1.80 bits per heavy atom. The molecular formula is C21H32ClN3. The summed E-state index contributed by atoms with van der Waals surface area (Å²) in [6, 6.07) is 10.8. The fraction of sp³-hybridized carbons (Fsp3) is 0.619. The monoisotopic (exact) mass is 361 g/mol. The number of allylic oxidation sites excluding steroid dienone is 1. The first-order valence-corrected chi connectivity index (χ1v) is 10.1. The summed E-state index contributed by atoms with van der Waals surface area (Å²) in [7, 11) is 0. The van der Waals surface area contributed by atoms with E-state index < -0.39 is 5.00 Å². The van der Waals surface area contributed by atoms with Crippen molar-refractivity contribution < 1.29 is 0 Å². The van der Waals surface area contributed by atoms with Crippen LogP contribution in [0, 0.1) is 0 Å². The minimum absolute atomic E-state index is 0.236. The third-order valence-electron chi connectivity index (χ3n) is 5.84. The Bertz CT molecular complexity index is 584. The molecule has 1 aromatic rings. The van der Waals surface area contributed by atoms with Crippen molar-refractivity contribution in [2.45, 2.75) is 57.1 Å². The van der Waals surface area contributed by atoms with Crippen LogP contribution in [-0.4, -0.2) is 42.2 Å². The molecule has 25 heavy (non-hydrogen) atoms. The molecule has 2 aliphatic rings. The quantitative estimate of drug-likeness (QED) is 0.454. The lowest BCUT2D eigenvalue weighted by Crippen LogP contribution is -2.48. The zero-order valence-corrected chi connectivity index (χ0v) is 16.6. The topological polar surface area (TPSA) is 27.3 Å². The van der Waals surface area contributed by atoms with Crippen LogP contribution in [0.3, 0.4) is 0 Å². The number of rotatable bonds is 6. The van der Waals surface area contributed by atoms with Crippen molar-refractivity contribution in [1.29, 1.82) is 0 Å². The Morgan fingerprint density at radius 3 is 2.36 bits per heavy atom. The summed E-state index contributed by atoms with van der Waals surface area (Å²) in [5, 5.41) is 7.31. The van der Waals surface area contributed by atoms with Gasteiger partial charge in [-0.1, -0.05) is 54.4 Å². The summed E-state index contributed by atoms with van der Waals surface area (Å²) >= 11 is 7.32. The Labute approximate surface area is 157 Å². The van der Waals surface area contributed by atoms with Crippen molar-refractivity contribution >= 4 is 11.6 Å². The average Bonchev–Trinajstić information content (AvgIpc) is 3.33. The highest BCUT2D eigenvalue weighted by Crippen LogP contribution is 2.44. The van der Waals surface area contributed by atoms with E-state index in [1.54, 1.807) is 0 Å². The third kappa shape index (κ3) is 3.95. The van der Waals surface area contributed by atoms with Crippen LogP contribution in [0.2, 0.25) is 0 Å². The zero-order valence-electron chi connectivity index (χ0n) is 15.8. The molecule has 2 atom stereocenters. The van der Waals surface area contributed by atoms with Gasteiger partial charge >= 0.3 is 0 Å². The maximum atomic E-state index is 7.32. The fourth-order valence-electron chi connectivity index (χ4n) is 4.39. The SMILES string of the molecule is CCC(C)=C(C(c1ccccc1)C1NCCN1)C(C)(Cl)N1CCCC1. The largest absolute Gasteiger partial charge is 0.300 e. The molecule has 3 rings (SSSR count). The van der Waals surface area contributed by atoms with E-state index in [0.717, 1.165) is 32.6 Å². The Morgan fingerprint density at radius 1 is 1.20 bits per heavy atom. The molecule has 2 fully saturated rings. The minimum atomic E-state index is -0.441. The maximum Gasteiger partial charge on any atom is 0.116 e. The maximum absolute atomic E-state index is 7.32. The molecule has 0 aromatic heterocycles. The van der Waals surface area contributed by atoms with Gasteiger partial charge in [0, 0.05) is 32.1 Å². The van der Waals surface area contributed by atoms with Crippen LogP contribution in [0.4, 0.5) is 0 Å². The number of alkyl halides is 1. The van der Waals surface area contributed by atoms with E-state index in [2.05, 4.69) is 66.6 Å². The lowest BCUT2D eigenvalue weighted by Gasteiger charge is -2.42. The molecule has 4 heteroatoms. The summed E-state index contributed by atoms with van der Waals surface area (Å²) in [5.41, 5.74) is 4.12. The highest BCUT2D eigenvalue weighted by atomic mass is 35.5. The van der Waals surface area contributed by atoms with E-state index in [-0.39, 0.29) is 12.1 Å². The summed E-state index contributed by atoms with van der Waals surface area (Å²) in [4.78, 5) is 2.02. The lowest BCUT2D eigenvalue weighted by molar-refractivity contribution is 0.236. The zero-order chi connectivity index (χ0) is 17.9. The number of hydrogen-bond acceptors (Lipinski definition) is 3. The van der Waals surface area contributed by atoms with Gasteiger partial charge < -0.3 is 0 Å². The fourth-order valence-corrected chi connectivity index (χ4v) is 4.83. The van der Waals surface area contributed by atoms with Crippen molar-refractivity contribution in [3.63, 3.8) is 0 Å². The van der Waals surface area contributed by atoms with Gasteiger partial charge in [0.2, 0.25) is 0 Å². The highest BCUT2D eigenvalue weighted by Gasteiger charge is 2.42. The van der Waals surface area contributed by atoms with E-state index in [0.29, 0.717) is 0 Å². The molecule has 2 N–H and O–H groups in total. The number of hydrogen-bond donors (Lipinski definition) is 2. The normalized spacial score (nSPS) is 24.2. The third-order valence-corrected chi connectivity index (χ3v) is 6.28. The molecule has 1 aromatic carbocycles. The van der Waals surface area contributed by atoms with Gasteiger partial charge in [0.05, 0.1) is 6.17 Å². The average molecular weight is 362 g/mol. The smallest absolute Gasteiger partial charge is 0.116 e. The molecule has 0 spiro atoms. The second-order valence-electron chi connectivity index (χ2n) is 7.47. The van der Waals surface area contributed by atoms with E-state index in [1.807, 2.05) is 0 Å². The second-order valence-corrected chi connectivity index (χ2v) is 8.21. The Balaban J connectivity index is 2.07. The number of nitrogens with zero attached hydrogens (tertiary/aromatic N) is 1. The van der Waals surface area contributed by atoms with Crippen molar-refractivity contribution in [1.82, 2.24) is 15.5 Å². The van der Waals surface area contributed by atoms with Crippen LogP contribution in [-0.2, 0) is 0 Å². The van der Waals surface area contributed by atoms with Crippen LogP contribution in [0.15, 0.2) is 41.5 Å². The first kappa shape index (κ1) is 18.9. The molecule has 138 valence electrons. The molecule has 0 radical (unpaired) electrons. The van der Waals surface area contributed by atoms with Gasteiger partial charge in [0.25, 0.3) is 0 Å². The second kappa shape index (κ2) is 8.22. The van der Waals surface area contributed by atoms with Crippen LogP contribution >= 0.6 is 11.6 Å². The summed E-state index contributed by atoms with van der Waals surface area (Å²) < 4.78 is 0. The molecule has 0 aliphatic carbocycles. The first-order valence-electron chi connectivity index (χ1n) is 9.71. The van der Waals surface area contributed by atoms with Gasteiger partial charge in [-0.15, -0.1) is 0 Å². The standard InChI is InChI=1S/C21H32ClN3/c1-4-16(2)19(21(3,22)25-14-8-9-15-25)18(20-23-12-13-24-20)17-10-6-5-7-11-17/h5-7,10-11,18,20,23-24H,4,8-9,12-15H2,1-3H3. The summed E-state index contributed by atoms with van der Waals surface area (Å²) in [5.74, 6) is 0.242. The molecule has 0 saturated carbocycles. The van der Waals surface area contributed by atoms with E-state index in [4.69, 9.17) is 11.6 Å². The van der Waals surface area contributed by atoms with E-state index in [9.17, 15) is 0 Å². The molecule has 2 saturated heterocycles. The highest BCUT2D eigenvalue weighted by molar-refractivity contribution is 6.25. The van der Waals surface area contributed by atoms with Gasteiger partial charge in [-0.3, -0.25) is 15.5 Å². The number of halogens is 1. The van der Waals surface area contributed by atoms with Gasteiger partial charge in [0.15, 0.2) is 0 Å². The number of nitrogens with one attached hydrogen (secondary N) is 2. The van der Waals surface area contributed by atoms with Crippen molar-refractivity contribution in [3.8, 4) is 0 Å². The van der Waals surface area contributed by atoms with Gasteiger partial charge in [-0.25, -0.2) is 0 Å². The predicted octanol–water partition coefficient (Wildman–Crippen LogP) is 4.07. The first-order chi connectivity index (χ1) is 12.1. The molecule has 0 bridgehead atoms. The van der Waals surface area contributed by atoms with Crippen LogP contribution in [0.5, 0.6) is 0 Å². The predicted molar refractivity (Wildman–Crippen MR) is 107 cm³/mol. The van der Waals surface area contributed by atoms with Crippen molar-refractivity contribution in [2.24, 2.45) is 0 Å². The molecular weight excluding hydrogens is 330 g/mol. The lowest BCUT2D eigenvalue weighted by atomic mass is 9.80. The van der Waals surface area contributed by atoms with Gasteiger partial charge in [0.1, 0.15) is 5.00 Å².